The normalized spacial score (nSPS) is 13.8. The van der Waals surface area contributed by atoms with Gasteiger partial charge in [0.15, 0.2) is 0 Å². The number of hydrogen-bond acceptors (Lipinski definition) is 5. The van der Waals surface area contributed by atoms with Gasteiger partial charge in [0.05, 0.1) is 37.6 Å². The molecule has 0 amide bonds. The molecule has 6 heteroatoms. The highest BCUT2D eigenvalue weighted by Gasteiger charge is 2.08. The summed E-state index contributed by atoms with van der Waals surface area (Å²) in [6.45, 7) is 3.03. The Hall–Kier alpha value is -1.01. The average molecular weight is 304 g/mol. The molecule has 1 rings (SSSR count). The van der Waals surface area contributed by atoms with E-state index in [0.29, 0.717) is 23.9 Å². The van der Waals surface area contributed by atoms with E-state index >= 15 is 0 Å². The van der Waals surface area contributed by atoms with Gasteiger partial charge in [0.25, 0.3) is 0 Å². The van der Waals surface area contributed by atoms with Crippen molar-refractivity contribution in [2.24, 2.45) is 0 Å². The minimum atomic E-state index is -0.602. The van der Waals surface area contributed by atoms with Gasteiger partial charge in [-0.05, 0) is 25.1 Å². The van der Waals surface area contributed by atoms with Gasteiger partial charge in [0, 0.05) is 19.3 Å². The first-order valence-corrected chi connectivity index (χ1v) is 6.80. The van der Waals surface area contributed by atoms with Crippen molar-refractivity contribution < 1.29 is 19.3 Å². The number of ether oxygens (including phenoxy) is 3. The Morgan fingerprint density at radius 1 is 1.30 bits per heavy atom. The average Bonchev–Trinajstić information content (AvgIpc) is 2.43. The van der Waals surface area contributed by atoms with Crippen molar-refractivity contribution in [1.29, 1.82) is 0 Å². The molecule has 0 saturated carbocycles. The summed E-state index contributed by atoms with van der Waals surface area (Å²) in [6.07, 6.45) is -0.639. The van der Waals surface area contributed by atoms with Crippen LogP contribution in [-0.2, 0) is 9.47 Å². The van der Waals surface area contributed by atoms with Crippen molar-refractivity contribution in [3.05, 3.63) is 23.2 Å². The molecule has 0 fully saturated rings. The van der Waals surface area contributed by atoms with Crippen LogP contribution in [0.1, 0.15) is 6.92 Å². The van der Waals surface area contributed by atoms with E-state index in [1.807, 2.05) is 13.0 Å². The van der Waals surface area contributed by atoms with Crippen molar-refractivity contribution in [3.8, 4) is 5.75 Å². The van der Waals surface area contributed by atoms with Gasteiger partial charge in [-0.3, -0.25) is 0 Å². The predicted octanol–water partition coefficient (Wildman–Crippen LogP) is 2.17. The van der Waals surface area contributed by atoms with Crippen molar-refractivity contribution in [2.75, 3.05) is 39.3 Å². The van der Waals surface area contributed by atoms with Gasteiger partial charge in [0.2, 0.25) is 0 Å². The van der Waals surface area contributed by atoms with Gasteiger partial charge in [0.1, 0.15) is 5.75 Å². The maximum absolute atomic E-state index is 9.81. The van der Waals surface area contributed by atoms with Crippen molar-refractivity contribution >= 4 is 17.3 Å². The van der Waals surface area contributed by atoms with Crippen LogP contribution in [0.25, 0.3) is 0 Å². The molecule has 0 aromatic heterocycles. The maximum Gasteiger partial charge on any atom is 0.137 e. The van der Waals surface area contributed by atoms with E-state index in [9.17, 15) is 5.11 Å². The van der Waals surface area contributed by atoms with E-state index in [-0.39, 0.29) is 12.7 Å². The second-order valence-electron chi connectivity index (χ2n) is 4.48. The molecule has 20 heavy (non-hydrogen) atoms. The minimum Gasteiger partial charge on any atom is -0.495 e. The first-order valence-electron chi connectivity index (χ1n) is 6.42. The fourth-order valence-electron chi connectivity index (χ4n) is 1.63. The van der Waals surface area contributed by atoms with Crippen LogP contribution in [0.3, 0.4) is 0 Å². The lowest BCUT2D eigenvalue weighted by atomic mass is 10.3. The first kappa shape index (κ1) is 17.0. The van der Waals surface area contributed by atoms with Crippen LogP contribution in [0, 0.1) is 0 Å². The molecule has 0 heterocycles. The molecule has 2 N–H and O–H groups in total. The lowest BCUT2D eigenvalue weighted by Crippen LogP contribution is -2.28. The largest absolute Gasteiger partial charge is 0.495 e. The van der Waals surface area contributed by atoms with Gasteiger partial charge in [-0.25, -0.2) is 0 Å². The Morgan fingerprint density at radius 3 is 2.65 bits per heavy atom. The molecule has 0 aliphatic carbocycles. The third kappa shape index (κ3) is 5.96. The Kier molecular flexibility index (Phi) is 7.69. The molecule has 0 bridgehead atoms. The lowest BCUT2D eigenvalue weighted by molar-refractivity contribution is -0.0282. The number of methoxy groups -OCH3 is 2. The first-order chi connectivity index (χ1) is 9.56. The van der Waals surface area contributed by atoms with E-state index in [4.69, 9.17) is 25.8 Å². The molecule has 2 atom stereocenters. The molecule has 0 aliphatic rings. The molecule has 0 aliphatic heterocycles. The molecule has 2 unspecified atom stereocenters. The Balaban J connectivity index is 2.33. The van der Waals surface area contributed by atoms with E-state index in [0.717, 1.165) is 5.69 Å². The highest BCUT2D eigenvalue weighted by molar-refractivity contribution is 6.32. The highest BCUT2D eigenvalue weighted by atomic mass is 35.5. The smallest absolute Gasteiger partial charge is 0.137 e. The summed E-state index contributed by atoms with van der Waals surface area (Å²) in [5.41, 5.74) is 0.819. The van der Waals surface area contributed by atoms with Crippen LogP contribution in [0.2, 0.25) is 5.02 Å². The topological polar surface area (TPSA) is 60.0 Å². The fourth-order valence-corrected chi connectivity index (χ4v) is 1.89. The standard InChI is InChI=1S/C14H22ClNO4/c1-10(8-18-2)20-9-12(17)7-16-11-4-5-14(19-3)13(15)6-11/h4-6,10,12,16-17H,7-9H2,1-3H3. The number of hydrogen-bond donors (Lipinski definition) is 2. The van der Waals surface area contributed by atoms with Crippen LogP contribution in [-0.4, -0.2) is 51.3 Å². The Labute approximate surface area is 124 Å². The summed E-state index contributed by atoms with van der Waals surface area (Å²) >= 11 is 6.02. The summed E-state index contributed by atoms with van der Waals surface area (Å²) in [4.78, 5) is 0. The number of benzene rings is 1. The number of nitrogens with one attached hydrogen (secondary N) is 1. The number of anilines is 1. The summed E-state index contributed by atoms with van der Waals surface area (Å²) in [7, 11) is 3.18. The van der Waals surface area contributed by atoms with Crippen LogP contribution < -0.4 is 10.1 Å². The van der Waals surface area contributed by atoms with Gasteiger partial charge < -0.3 is 24.6 Å². The van der Waals surface area contributed by atoms with Gasteiger partial charge in [-0.2, -0.15) is 0 Å². The molecule has 5 nitrogen and oxygen atoms in total. The van der Waals surface area contributed by atoms with Crippen LogP contribution in [0.4, 0.5) is 5.69 Å². The Bertz CT molecular complexity index is 403. The predicted molar refractivity (Wildman–Crippen MR) is 79.8 cm³/mol. The van der Waals surface area contributed by atoms with Crippen molar-refractivity contribution in [1.82, 2.24) is 0 Å². The van der Waals surface area contributed by atoms with Crippen molar-refractivity contribution in [3.63, 3.8) is 0 Å². The minimum absolute atomic E-state index is 0.0370. The zero-order chi connectivity index (χ0) is 15.0. The SMILES string of the molecule is COCC(C)OCC(O)CNc1ccc(OC)c(Cl)c1. The van der Waals surface area contributed by atoms with E-state index in [2.05, 4.69) is 5.32 Å². The molecule has 114 valence electrons. The zero-order valence-electron chi connectivity index (χ0n) is 12.1. The number of halogens is 1. The van der Waals surface area contributed by atoms with Gasteiger partial charge >= 0.3 is 0 Å². The molecule has 0 spiro atoms. The molecule has 0 radical (unpaired) electrons. The van der Waals surface area contributed by atoms with Crippen LogP contribution in [0.5, 0.6) is 5.75 Å². The molecule has 1 aromatic carbocycles. The molecular formula is C14H22ClNO4. The summed E-state index contributed by atoms with van der Waals surface area (Å²) < 4.78 is 15.5. The second kappa shape index (κ2) is 9.02. The molecule has 1 aromatic rings. The van der Waals surface area contributed by atoms with Crippen LogP contribution in [0.15, 0.2) is 18.2 Å². The summed E-state index contributed by atoms with van der Waals surface area (Å²) in [5, 5.41) is 13.4. The zero-order valence-corrected chi connectivity index (χ0v) is 12.8. The van der Waals surface area contributed by atoms with Gasteiger partial charge in [-0.1, -0.05) is 11.6 Å². The fraction of sp³-hybridized carbons (Fsp3) is 0.571. The third-order valence-electron chi connectivity index (χ3n) is 2.67. The van der Waals surface area contributed by atoms with Gasteiger partial charge in [-0.15, -0.1) is 0 Å². The second-order valence-corrected chi connectivity index (χ2v) is 4.89. The van der Waals surface area contributed by atoms with E-state index in [1.54, 1.807) is 26.4 Å². The van der Waals surface area contributed by atoms with Crippen molar-refractivity contribution in [2.45, 2.75) is 19.1 Å². The number of aliphatic hydroxyl groups is 1. The quantitative estimate of drug-likeness (QED) is 0.732. The summed E-state index contributed by atoms with van der Waals surface area (Å²) in [5.74, 6) is 0.620. The van der Waals surface area contributed by atoms with E-state index < -0.39 is 6.10 Å². The lowest BCUT2D eigenvalue weighted by Gasteiger charge is -2.17. The third-order valence-corrected chi connectivity index (χ3v) is 2.96. The Morgan fingerprint density at radius 2 is 2.05 bits per heavy atom. The number of rotatable bonds is 9. The summed E-state index contributed by atoms with van der Waals surface area (Å²) in [6, 6.07) is 5.36. The van der Waals surface area contributed by atoms with E-state index in [1.165, 1.54) is 0 Å². The number of aliphatic hydroxyl groups excluding tert-OH is 1. The maximum atomic E-state index is 9.81. The molecule has 0 saturated heterocycles. The monoisotopic (exact) mass is 303 g/mol. The molecular weight excluding hydrogens is 282 g/mol. The highest BCUT2D eigenvalue weighted by Crippen LogP contribution is 2.27. The van der Waals surface area contributed by atoms with Crippen LogP contribution >= 0.6 is 11.6 Å².